The van der Waals surface area contributed by atoms with Crippen molar-refractivity contribution in [3.8, 4) is 0 Å². The van der Waals surface area contributed by atoms with Crippen LogP contribution in [0.2, 0.25) is 0 Å². The van der Waals surface area contributed by atoms with Gasteiger partial charge in [0.1, 0.15) is 5.69 Å². The molecule has 0 radical (unpaired) electrons. The first kappa shape index (κ1) is 21.0. The number of benzene rings is 2. The van der Waals surface area contributed by atoms with Crippen LogP contribution in [0.15, 0.2) is 42.5 Å². The molecule has 7 nitrogen and oxygen atoms in total. The Kier molecular flexibility index (Phi) is 6.45. The lowest BCUT2D eigenvalue weighted by atomic mass is 10.1. The maximum Gasteiger partial charge on any atom is 0.416 e. The molecule has 0 saturated carbocycles. The topological polar surface area (TPSA) is 87.5 Å². The van der Waals surface area contributed by atoms with E-state index >= 15 is 0 Å². The zero-order valence-electron chi connectivity index (χ0n) is 15.2. The number of anilines is 3. The normalized spacial score (nSPS) is 11.0. The summed E-state index contributed by atoms with van der Waals surface area (Å²) in [6.07, 6.45) is -4.70. The predicted molar refractivity (Wildman–Crippen MR) is 101 cm³/mol. The molecule has 2 aromatic carbocycles. The monoisotopic (exact) mass is 396 g/mol. The summed E-state index contributed by atoms with van der Waals surface area (Å²) in [7, 11) is 3.78. The van der Waals surface area contributed by atoms with Crippen molar-refractivity contribution in [2.75, 3.05) is 36.2 Å². The molecule has 0 unspecified atom stereocenters. The molecule has 0 bridgehead atoms. The number of carbonyl (C=O) groups excluding carboxylic acids is 1. The second kappa shape index (κ2) is 8.59. The second-order valence-electron chi connectivity index (χ2n) is 6.15. The molecule has 0 saturated heterocycles. The van der Waals surface area contributed by atoms with Crippen molar-refractivity contribution in [3.05, 3.63) is 58.1 Å². The Hall–Kier alpha value is -3.30. The van der Waals surface area contributed by atoms with Crippen LogP contribution in [-0.2, 0) is 11.0 Å². The quantitative estimate of drug-likeness (QED) is 0.543. The number of rotatable bonds is 7. The van der Waals surface area contributed by atoms with E-state index in [0.29, 0.717) is 11.8 Å². The van der Waals surface area contributed by atoms with Gasteiger partial charge in [0.2, 0.25) is 5.91 Å². The highest BCUT2D eigenvalue weighted by molar-refractivity contribution is 5.91. The van der Waals surface area contributed by atoms with Gasteiger partial charge in [-0.3, -0.25) is 14.9 Å². The molecule has 0 fully saturated rings. The molecule has 2 rings (SSSR count). The zero-order chi connectivity index (χ0) is 20.9. The highest BCUT2D eigenvalue weighted by Gasteiger charge is 2.33. The Morgan fingerprint density at radius 3 is 2.32 bits per heavy atom. The maximum absolute atomic E-state index is 12.7. The molecule has 0 aromatic heterocycles. The minimum Gasteiger partial charge on any atom is -0.379 e. The van der Waals surface area contributed by atoms with Crippen molar-refractivity contribution in [2.45, 2.75) is 12.6 Å². The van der Waals surface area contributed by atoms with E-state index in [-0.39, 0.29) is 24.6 Å². The van der Waals surface area contributed by atoms with Crippen LogP contribution in [0.5, 0.6) is 0 Å². The van der Waals surface area contributed by atoms with Gasteiger partial charge in [-0.1, -0.05) is 0 Å². The van der Waals surface area contributed by atoms with Gasteiger partial charge in [0.05, 0.1) is 10.5 Å². The van der Waals surface area contributed by atoms with Crippen LogP contribution >= 0.6 is 0 Å². The summed E-state index contributed by atoms with van der Waals surface area (Å²) >= 11 is 0. The number of nitrogens with zero attached hydrogens (tertiary/aromatic N) is 2. The average molecular weight is 396 g/mol. The van der Waals surface area contributed by atoms with Crippen LogP contribution in [-0.4, -0.2) is 31.5 Å². The summed E-state index contributed by atoms with van der Waals surface area (Å²) in [6, 6.07) is 9.34. The van der Waals surface area contributed by atoms with Gasteiger partial charge < -0.3 is 15.5 Å². The van der Waals surface area contributed by atoms with Crippen LogP contribution in [0.25, 0.3) is 0 Å². The fraction of sp³-hybridized carbons (Fsp3) is 0.278. The van der Waals surface area contributed by atoms with E-state index < -0.39 is 22.4 Å². The molecule has 0 spiro atoms. The van der Waals surface area contributed by atoms with Gasteiger partial charge in [-0.15, -0.1) is 0 Å². The first-order valence-electron chi connectivity index (χ1n) is 8.24. The number of halogens is 3. The lowest BCUT2D eigenvalue weighted by molar-refractivity contribution is -0.384. The Bertz CT molecular complexity index is 852. The van der Waals surface area contributed by atoms with Crippen LogP contribution in [0.3, 0.4) is 0 Å². The maximum atomic E-state index is 12.7. The van der Waals surface area contributed by atoms with E-state index in [1.807, 2.05) is 31.1 Å². The molecule has 0 aliphatic heterocycles. The van der Waals surface area contributed by atoms with E-state index in [0.717, 1.165) is 17.8 Å². The fourth-order valence-corrected chi connectivity index (χ4v) is 2.39. The number of nitrogens with one attached hydrogen (secondary N) is 2. The van der Waals surface area contributed by atoms with Gasteiger partial charge in [-0.05, 0) is 36.4 Å². The fourth-order valence-electron chi connectivity index (χ4n) is 2.39. The van der Waals surface area contributed by atoms with Crippen molar-refractivity contribution in [1.29, 1.82) is 0 Å². The smallest absolute Gasteiger partial charge is 0.379 e. The predicted octanol–water partition coefficient (Wildman–Crippen LogP) is 4.12. The number of alkyl halides is 3. The van der Waals surface area contributed by atoms with Crippen molar-refractivity contribution in [2.24, 2.45) is 0 Å². The molecule has 28 heavy (non-hydrogen) atoms. The van der Waals surface area contributed by atoms with E-state index in [2.05, 4.69) is 10.6 Å². The van der Waals surface area contributed by atoms with E-state index in [4.69, 9.17) is 0 Å². The minimum absolute atomic E-state index is 0.0202. The Morgan fingerprint density at radius 1 is 1.14 bits per heavy atom. The molecular formula is C18H19F3N4O3. The van der Waals surface area contributed by atoms with Crippen molar-refractivity contribution < 1.29 is 22.9 Å². The first-order valence-corrected chi connectivity index (χ1v) is 8.24. The third kappa shape index (κ3) is 5.60. The number of hydrogen-bond acceptors (Lipinski definition) is 5. The third-order valence-electron chi connectivity index (χ3n) is 3.86. The third-order valence-corrected chi connectivity index (χ3v) is 3.86. The Balaban J connectivity index is 1.95. The van der Waals surface area contributed by atoms with E-state index in [1.54, 1.807) is 12.1 Å². The van der Waals surface area contributed by atoms with Crippen molar-refractivity contribution >= 4 is 28.7 Å². The van der Waals surface area contributed by atoms with Gasteiger partial charge >= 0.3 is 6.18 Å². The molecule has 0 atom stereocenters. The average Bonchev–Trinajstić information content (AvgIpc) is 2.61. The number of nitro groups is 1. The van der Waals surface area contributed by atoms with Gasteiger partial charge in [0, 0.05) is 44.5 Å². The van der Waals surface area contributed by atoms with Gasteiger partial charge in [-0.2, -0.15) is 13.2 Å². The summed E-state index contributed by atoms with van der Waals surface area (Å²) in [6.45, 7) is 0.0216. The Labute approximate surface area is 159 Å². The van der Waals surface area contributed by atoms with Gasteiger partial charge in [-0.25, -0.2) is 0 Å². The summed E-state index contributed by atoms with van der Waals surface area (Å²) in [5.74, 6) is -0.334. The lowest BCUT2D eigenvalue weighted by Crippen LogP contribution is -2.17. The van der Waals surface area contributed by atoms with E-state index in [1.165, 1.54) is 0 Å². The van der Waals surface area contributed by atoms with Crippen LogP contribution in [0.4, 0.5) is 35.9 Å². The highest BCUT2D eigenvalue weighted by Crippen LogP contribution is 2.34. The molecule has 10 heteroatoms. The SMILES string of the molecule is CN(C)c1ccc(NC(=O)CCNc2ccc(C(F)(F)F)cc2[N+](=O)[O-])cc1. The Morgan fingerprint density at radius 2 is 1.79 bits per heavy atom. The minimum atomic E-state index is -4.68. The molecule has 2 N–H and O–H groups in total. The second-order valence-corrected chi connectivity index (χ2v) is 6.15. The van der Waals surface area contributed by atoms with Crippen LogP contribution in [0.1, 0.15) is 12.0 Å². The van der Waals surface area contributed by atoms with Crippen molar-refractivity contribution in [3.63, 3.8) is 0 Å². The molecule has 0 aliphatic rings. The molecular weight excluding hydrogens is 377 g/mol. The molecule has 0 aliphatic carbocycles. The number of hydrogen-bond donors (Lipinski definition) is 2. The molecule has 1 amide bonds. The number of carbonyl (C=O) groups is 1. The van der Waals surface area contributed by atoms with Gasteiger partial charge in [0.25, 0.3) is 5.69 Å². The number of amides is 1. The number of nitro benzene ring substituents is 1. The van der Waals surface area contributed by atoms with Gasteiger partial charge in [0.15, 0.2) is 0 Å². The van der Waals surface area contributed by atoms with Crippen molar-refractivity contribution in [1.82, 2.24) is 0 Å². The molecule has 150 valence electrons. The largest absolute Gasteiger partial charge is 0.416 e. The molecule has 0 heterocycles. The first-order chi connectivity index (χ1) is 13.1. The molecule has 2 aromatic rings. The standard InChI is InChI=1S/C18H19F3N4O3/c1-24(2)14-6-4-13(5-7-14)23-17(26)9-10-22-15-8-3-12(18(19,20)21)11-16(15)25(27)28/h3-8,11,22H,9-10H2,1-2H3,(H,23,26). The van der Waals surface area contributed by atoms with Crippen LogP contribution < -0.4 is 15.5 Å². The lowest BCUT2D eigenvalue weighted by Gasteiger charge is -2.13. The highest BCUT2D eigenvalue weighted by atomic mass is 19.4. The summed E-state index contributed by atoms with van der Waals surface area (Å²) < 4.78 is 38.1. The summed E-state index contributed by atoms with van der Waals surface area (Å²) in [4.78, 5) is 24.0. The zero-order valence-corrected chi connectivity index (χ0v) is 15.2. The van der Waals surface area contributed by atoms with Crippen LogP contribution in [0, 0.1) is 10.1 Å². The van der Waals surface area contributed by atoms with E-state index in [9.17, 15) is 28.1 Å². The summed E-state index contributed by atoms with van der Waals surface area (Å²) in [5.41, 5.74) is -0.329. The summed E-state index contributed by atoms with van der Waals surface area (Å²) in [5, 5.41) is 16.3.